The molecule has 364 valence electrons. The van der Waals surface area contributed by atoms with Gasteiger partial charge in [0, 0.05) is 53.7 Å². The van der Waals surface area contributed by atoms with Gasteiger partial charge in [0.05, 0.1) is 27.4 Å². The summed E-state index contributed by atoms with van der Waals surface area (Å²) in [5.74, 6) is -2.62. The Balaban J connectivity index is 1.85. The van der Waals surface area contributed by atoms with Crippen LogP contribution in [0, 0.1) is 0 Å². The maximum Gasteiger partial charge on any atom is 0.303 e. The third kappa shape index (κ3) is 11.5. The summed E-state index contributed by atoms with van der Waals surface area (Å²) in [6.07, 6.45) is 4.51. The molecule has 1 atom stereocenters. The van der Waals surface area contributed by atoms with Gasteiger partial charge in [0.25, 0.3) is 60.7 Å². The molecule has 22 nitrogen and oxygen atoms in total. The largest absolute Gasteiger partial charge is 0.481 e. The molecule has 2 aliphatic rings. The average Bonchev–Trinajstić information content (AvgIpc) is 3.50. The van der Waals surface area contributed by atoms with Crippen LogP contribution in [0.25, 0.3) is 10.8 Å². The van der Waals surface area contributed by atoms with E-state index >= 15 is 0 Å². The summed E-state index contributed by atoms with van der Waals surface area (Å²) < 4.78 is 209. The minimum absolute atomic E-state index is 0.0883. The lowest BCUT2D eigenvalue weighted by atomic mass is 9.75. The molecule has 0 radical (unpaired) electrons. The lowest BCUT2D eigenvalue weighted by molar-refractivity contribution is -0.437. The topological polar surface area (TPSA) is 370 Å². The van der Waals surface area contributed by atoms with E-state index in [-0.39, 0.29) is 90.6 Å². The van der Waals surface area contributed by atoms with Gasteiger partial charge in [-0.3, -0.25) is 32.1 Å². The van der Waals surface area contributed by atoms with Crippen molar-refractivity contribution in [1.29, 1.82) is 0 Å². The van der Waals surface area contributed by atoms with Crippen LogP contribution >= 0.6 is 0 Å². The van der Waals surface area contributed by atoms with E-state index in [1.165, 1.54) is 48.8 Å². The van der Waals surface area contributed by atoms with E-state index in [1.54, 1.807) is 11.8 Å². The predicted octanol–water partition coefficient (Wildman–Crippen LogP) is 4.01. The van der Waals surface area contributed by atoms with Crippen LogP contribution in [-0.2, 0) is 76.3 Å². The number of hydrogen-bond acceptors (Lipinski definition) is 14. The second-order valence-electron chi connectivity index (χ2n) is 16.5. The minimum Gasteiger partial charge on any atom is -0.481 e. The Morgan fingerprint density at radius 2 is 1.21 bits per heavy atom. The van der Waals surface area contributed by atoms with Gasteiger partial charge in [0.2, 0.25) is 5.69 Å². The van der Waals surface area contributed by atoms with E-state index in [1.807, 2.05) is 0 Å². The number of hydrogen-bond donors (Lipinski definition) is 7. The first-order valence-corrected chi connectivity index (χ1v) is 28.6. The SMILES string of the molecule is CC1(C)C(/C=C/C=C2/N(CCCS(=O)(=O)O)c3ccc4c(S(=O)(=O)O)cc(S(=O)(=O)O)cc4c3C2(C)CCCCCC(=O)O)=[N+](CCCS(=O)(=O)O)c2cc(S(=O)(=O)O)cc(S(=O)(=O)O)c21. The molecule has 0 amide bonds. The predicted molar refractivity (Wildman–Crippen MR) is 237 cm³/mol. The lowest BCUT2D eigenvalue weighted by Gasteiger charge is -2.31. The van der Waals surface area contributed by atoms with Crippen LogP contribution in [0.4, 0.5) is 11.4 Å². The number of rotatable bonds is 20. The minimum atomic E-state index is -5.23. The Morgan fingerprint density at radius 1 is 0.652 bits per heavy atom. The summed E-state index contributed by atoms with van der Waals surface area (Å²) in [5, 5.41) is 8.99. The number of fused-ring (bicyclic) bond motifs is 4. The molecule has 0 aromatic heterocycles. The quantitative estimate of drug-likeness (QED) is 0.0477. The molecule has 3 aromatic carbocycles. The van der Waals surface area contributed by atoms with Gasteiger partial charge in [-0.1, -0.05) is 25.0 Å². The fourth-order valence-electron chi connectivity index (χ4n) is 8.73. The monoisotopic (exact) mass is 1040 g/mol. The average molecular weight is 1040 g/mol. The molecule has 0 spiro atoms. The summed E-state index contributed by atoms with van der Waals surface area (Å²) >= 11 is 0. The number of carboxylic acid groups (broad SMARTS) is 1. The molecule has 0 saturated heterocycles. The van der Waals surface area contributed by atoms with Crippen molar-refractivity contribution in [3.05, 3.63) is 71.5 Å². The van der Waals surface area contributed by atoms with Crippen molar-refractivity contribution in [2.75, 3.05) is 29.5 Å². The van der Waals surface area contributed by atoms with Gasteiger partial charge in [-0.2, -0.15) is 55.1 Å². The normalized spacial score (nSPS) is 18.7. The van der Waals surface area contributed by atoms with Gasteiger partial charge < -0.3 is 10.0 Å². The molecule has 0 saturated carbocycles. The summed E-state index contributed by atoms with van der Waals surface area (Å²) in [5.41, 5.74) is -2.27. The number of nitrogens with zero attached hydrogens (tertiary/aromatic N) is 2. The van der Waals surface area contributed by atoms with E-state index in [4.69, 9.17) is 0 Å². The second-order valence-corrected chi connectivity index (χ2v) is 25.2. The number of aliphatic carboxylic acids is 1. The van der Waals surface area contributed by atoms with Crippen LogP contribution < -0.4 is 4.90 Å². The van der Waals surface area contributed by atoms with Crippen molar-refractivity contribution in [1.82, 2.24) is 0 Å². The van der Waals surface area contributed by atoms with Crippen molar-refractivity contribution in [2.24, 2.45) is 0 Å². The van der Waals surface area contributed by atoms with Gasteiger partial charge in [-0.15, -0.1) is 0 Å². The number of benzene rings is 3. The Morgan fingerprint density at radius 3 is 1.76 bits per heavy atom. The first kappa shape index (κ1) is 52.8. The van der Waals surface area contributed by atoms with Crippen LogP contribution in [0.5, 0.6) is 0 Å². The molecule has 0 aliphatic carbocycles. The van der Waals surface area contributed by atoms with E-state index in [2.05, 4.69) is 0 Å². The Labute approximate surface area is 381 Å². The number of carbonyl (C=O) groups is 1. The zero-order valence-electron chi connectivity index (χ0n) is 35.3. The molecule has 3 aromatic rings. The van der Waals surface area contributed by atoms with Crippen LogP contribution in [0.3, 0.4) is 0 Å². The molecule has 0 bridgehead atoms. The van der Waals surface area contributed by atoms with Gasteiger partial charge in [-0.25, -0.2) is 0 Å². The van der Waals surface area contributed by atoms with E-state index in [0.29, 0.717) is 24.3 Å². The highest BCUT2D eigenvalue weighted by atomic mass is 32.2. The van der Waals surface area contributed by atoms with Crippen molar-refractivity contribution in [2.45, 2.75) is 96.1 Å². The smallest absolute Gasteiger partial charge is 0.303 e. The molecule has 1 unspecified atom stereocenters. The maximum atomic E-state index is 12.8. The molecular formula is C38H47N2O20S6+. The van der Waals surface area contributed by atoms with Gasteiger partial charge in [0.15, 0.2) is 5.71 Å². The summed E-state index contributed by atoms with van der Waals surface area (Å²) in [7, 11) is -29.8. The first-order valence-electron chi connectivity index (χ1n) is 19.6. The van der Waals surface area contributed by atoms with Crippen LogP contribution in [0.1, 0.15) is 76.8 Å². The van der Waals surface area contributed by atoms with E-state index in [9.17, 15) is 87.7 Å². The molecular weight excluding hydrogens is 997 g/mol. The standard InChI is InChI=1S/C38H46N2O20S6/c1-37(2)32(40(17-9-19-62(46,47)48)29-21-25(64(52,53)54)23-31(36(29)37)66(58,59)60)10-7-11-33-38(3,15-6-4-5-12-34(41)42)35-27-20-24(63(49,50)51)22-30(65(55,56)57)26(27)13-14-28(35)39(33)16-8-18-61(43,44)45/h7,10-11,13-14,20-23H,4-6,8-9,12,15-19H2,1-3H3,(H6-,41,42,43,44,45,46,47,48,49,50,51,52,53,54,55,56,57,58,59,60)/p+1. The highest BCUT2D eigenvalue weighted by molar-refractivity contribution is 7.87. The van der Waals surface area contributed by atoms with Crippen molar-refractivity contribution in [3.63, 3.8) is 0 Å². The molecule has 7 N–H and O–H groups in total. The number of anilines is 1. The lowest BCUT2D eigenvalue weighted by Crippen LogP contribution is -2.30. The number of carboxylic acids is 1. The van der Waals surface area contributed by atoms with Gasteiger partial charge in [0.1, 0.15) is 21.2 Å². The fourth-order valence-corrected chi connectivity index (χ4v) is 12.6. The third-order valence-electron chi connectivity index (χ3n) is 11.4. The number of unbranched alkanes of at least 4 members (excludes halogenated alkanes) is 2. The Hall–Kier alpha value is -4.20. The zero-order chi connectivity index (χ0) is 49.8. The summed E-state index contributed by atoms with van der Waals surface area (Å²) in [4.78, 5) is 9.28. The highest BCUT2D eigenvalue weighted by Crippen LogP contribution is 2.54. The van der Waals surface area contributed by atoms with Crippen LogP contribution in [0.2, 0.25) is 0 Å². The first-order chi connectivity index (χ1) is 30.0. The van der Waals surface area contributed by atoms with Crippen LogP contribution in [0.15, 0.2) is 79.9 Å². The van der Waals surface area contributed by atoms with E-state index in [0.717, 1.165) is 12.1 Å². The van der Waals surface area contributed by atoms with Crippen molar-refractivity contribution < 1.29 is 92.3 Å². The maximum absolute atomic E-state index is 12.8. The molecule has 5 rings (SSSR count). The number of allylic oxidation sites excluding steroid dienone is 4. The molecule has 2 aliphatic heterocycles. The second kappa shape index (κ2) is 18.4. The van der Waals surface area contributed by atoms with E-state index < -0.39 is 109 Å². The van der Waals surface area contributed by atoms with Gasteiger partial charge >= 0.3 is 5.97 Å². The molecule has 0 fully saturated rings. The van der Waals surface area contributed by atoms with Crippen molar-refractivity contribution >= 4 is 94.5 Å². The molecule has 66 heavy (non-hydrogen) atoms. The molecule has 28 heteroatoms. The van der Waals surface area contributed by atoms with Gasteiger partial charge in [-0.05, 0) is 81.3 Å². The summed E-state index contributed by atoms with van der Waals surface area (Å²) in [6, 6.07) is 5.68. The highest BCUT2D eigenvalue weighted by Gasteiger charge is 2.49. The Bertz CT molecular complexity index is 3310. The Kier molecular flexibility index (Phi) is 14.7. The summed E-state index contributed by atoms with van der Waals surface area (Å²) in [6.45, 7) is 4.14. The van der Waals surface area contributed by atoms with Crippen molar-refractivity contribution in [3.8, 4) is 0 Å². The fraction of sp³-hybridized carbons (Fsp3) is 0.421. The zero-order valence-corrected chi connectivity index (χ0v) is 40.2. The molecule has 2 heterocycles. The van der Waals surface area contributed by atoms with Crippen LogP contribution in [-0.4, -0.2) is 124 Å². The third-order valence-corrected chi connectivity index (χ3v) is 16.5.